The minimum Gasteiger partial charge on any atom is -0.391 e. The lowest BCUT2D eigenvalue weighted by Crippen LogP contribution is -2.44. The van der Waals surface area contributed by atoms with Crippen molar-refractivity contribution in [3.8, 4) is 0 Å². The van der Waals surface area contributed by atoms with Crippen molar-refractivity contribution in [2.24, 2.45) is 0 Å². The lowest BCUT2D eigenvalue weighted by Gasteiger charge is -2.34. The third-order valence-corrected chi connectivity index (χ3v) is 3.99. The summed E-state index contributed by atoms with van der Waals surface area (Å²) in [5.41, 5.74) is 0.977. The fraction of sp³-hybridized carbons (Fsp3) is 0.538. The molecule has 0 radical (unpaired) electrons. The van der Waals surface area contributed by atoms with Gasteiger partial charge in [-0.25, -0.2) is 0 Å². The van der Waals surface area contributed by atoms with E-state index >= 15 is 0 Å². The average Bonchev–Trinajstić information content (AvgIpc) is 2.48. The number of benzene rings is 1. The lowest BCUT2D eigenvalue weighted by molar-refractivity contribution is 0.0506. The first-order valence-corrected chi connectivity index (χ1v) is 6.06. The molecule has 1 saturated heterocycles. The Hall–Kier alpha value is -0.570. The topological polar surface area (TPSA) is 23.5 Å². The molecule has 1 atom stereocenters. The molecule has 0 amide bonds. The van der Waals surface area contributed by atoms with E-state index < -0.39 is 0 Å². The predicted molar refractivity (Wildman–Crippen MR) is 66.6 cm³/mol. The molecule has 1 aliphatic rings. The first-order valence-electron chi connectivity index (χ1n) is 5.68. The van der Waals surface area contributed by atoms with Crippen LogP contribution < -0.4 is 0 Å². The Kier molecular flexibility index (Phi) is 3.24. The van der Waals surface area contributed by atoms with Crippen molar-refractivity contribution in [1.82, 2.24) is 4.90 Å². The SMILES string of the molecule is CC1(C)C(O)CCN1Cc1ccccc1Cl. The van der Waals surface area contributed by atoms with Crippen molar-refractivity contribution in [1.29, 1.82) is 0 Å². The molecule has 0 spiro atoms. The monoisotopic (exact) mass is 239 g/mol. The second kappa shape index (κ2) is 4.36. The van der Waals surface area contributed by atoms with E-state index in [4.69, 9.17) is 11.6 Å². The van der Waals surface area contributed by atoms with Gasteiger partial charge in [0.2, 0.25) is 0 Å². The average molecular weight is 240 g/mol. The van der Waals surface area contributed by atoms with Crippen LogP contribution in [0.3, 0.4) is 0 Å². The zero-order valence-electron chi connectivity index (χ0n) is 9.78. The molecule has 2 rings (SSSR count). The van der Waals surface area contributed by atoms with E-state index in [0.717, 1.165) is 30.1 Å². The molecule has 1 N–H and O–H groups in total. The van der Waals surface area contributed by atoms with Crippen molar-refractivity contribution >= 4 is 11.6 Å². The number of likely N-dealkylation sites (tertiary alicyclic amines) is 1. The molecule has 88 valence electrons. The minimum atomic E-state index is -0.241. The molecule has 1 heterocycles. The van der Waals surface area contributed by atoms with Gasteiger partial charge in [-0.15, -0.1) is 0 Å². The van der Waals surface area contributed by atoms with Crippen LogP contribution in [0, 0.1) is 0 Å². The maximum atomic E-state index is 9.90. The van der Waals surface area contributed by atoms with Gasteiger partial charge in [0, 0.05) is 23.7 Å². The van der Waals surface area contributed by atoms with Gasteiger partial charge in [-0.3, -0.25) is 4.90 Å². The standard InChI is InChI=1S/C13H18ClNO/c1-13(2)12(16)7-8-15(13)9-10-5-3-4-6-11(10)14/h3-6,12,16H,7-9H2,1-2H3. The predicted octanol–water partition coefficient (Wildman–Crippen LogP) is 2.69. The zero-order chi connectivity index (χ0) is 11.8. The fourth-order valence-electron chi connectivity index (χ4n) is 2.25. The van der Waals surface area contributed by atoms with Crippen LogP contribution in [0.1, 0.15) is 25.8 Å². The number of aliphatic hydroxyl groups is 1. The molecule has 0 bridgehead atoms. The van der Waals surface area contributed by atoms with Gasteiger partial charge < -0.3 is 5.11 Å². The molecule has 0 aliphatic carbocycles. The van der Waals surface area contributed by atoms with Gasteiger partial charge in [-0.2, -0.15) is 0 Å². The van der Waals surface area contributed by atoms with Gasteiger partial charge in [-0.1, -0.05) is 29.8 Å². The zero-order valence-corrected chi connectivity index (χ0v) is 10.5. The highest BCUT2D eigenvalue weighted by Crippen LogP contribution is 2.31. The maximum Gasteiger partial charge on any atom is 0.0730 e. The highest BCUT2D eigenvalue weighted by Gasteiger charge is 2.39. The van der Waals surface area contributed by atoms with Crippen molar-refractivity contribution in [3.63, 3.8) is 0 Å². The Balaban J connectivity index is 2.14. The van der Waals surface area contributed by atoms with Crippen LogP contribution in [-0.2, 0) is 6.54 Å². The quantitative estimate of drug-likeness (QED) is 0.858. The number of halogens is 1. The largest absolute Gasteiger partial charge is 0.391 e. The van der Waals surface area contributed by atoms with E-state index in [1.165, 1.54) is 0 Å². The highest BCUT2D eigenvalue weighted by molar-refractivity contribution is 6.31. The molecule has 2 nitrogen and oxygen atoms in total. The van der Waals surface area contributed by atoms with Crippen LogP contribution in [0.2, 0.25) is 5.02 Å². The lowest BCUT2D eigenvalue weighted by atomic mass is 9.98. The normalized spacial score (nSPS) is 24.9. The molecular weight excluding hydrogens is 222 g/mol. The molecular formula is C13H18ClNO. The van der Waals surface area contributed by atoms with Crippen molar-refractivity contribution < 1.29 is 5.11 Å². The third kappa shape index (κ3) is 2.10. The van der Waals surface area contributed by atoms with Crippen LogP contribution in [-0.4, -0.2) is 28.2 Å². The Labute approximate surface area is 102 Å². The number of nitrogens with zero attached hydrogens (tertiary/aromatic N) is 1. The van der Waals surface area contributed by atoms with E-state index in [1.807, 2.05) is 24.3 Å². The summed E-state index contributed by atoms with van der Waals surface area (Å²) in [6, 6.07) is 7.90. The van der Waals surface area contributed by atoms with Crippen molar-refractivity contribution in [3.05, 3.63) is 34.9 Å². The smallest absolute Gasteiger partial charge is 0.0730 e. The molecule has 1 unspecified atom stereocenters. The molecule has 1 aliphatic heterocycles. The number of hydrogen-bond donors (Lipinski definition) is 1. The van der Waals surface area contributed by atoms with E-state index in [9.17, 15) is 5.11 Å². The van der Waals surface area contributed by atoms with Gasteiger partial charge in [0.15, 0.2) is 0 Å². The Morgan fingerprint density at radius 2 is 2.12 bits per heavy atom. The molecule has 3 heteroatoms. The van der Waals surface area contributed by atoms with Gasteiger partial charge in [-0.05, 0) is 31.9 Å². The summed E-state index contributed by atoms with van der Waals surface area (Å²) in [5.74, 6) is 0. The molecule has 1 aromatic rings. The van der Waals surface area contributed by atoms with Crippen LogP contribution in [0.4, 0.5) is 0 Å². The second-order valence-electron chi connectivity index (χ2n) is 4.97. The molecule has 1 aromatic carbocycles. The van der Waals surface area contributed by atoms with Crippen LogP contribution in [0.25, 0.3) is 0 Å². The fourth-order valence-corrected chi connectivity index (χ4v) is 2.44. The van der Waals surface area contributed by atoms with E-state index in [-0.39, 0.29) is 11.6 Å². The number of rotatable bonds is 2. The van der Waals surface area contributed by atoms with Gasteiger partial charge in [0.1, 0.15) is 0 Å². The van der Waals surface area contributed by atoms with Gasteiger partial charge in [0.05, 0.1) is 6.10 Å². The van der Waals surface area contributed by atoms with E-state index in [1.54, 1.807) is 0 Å². The Bertz CT molecular complexity index is 378. The summed E-state index contributed by atoms with van der Waals surface area (Å²) in [6.07, 6.45) is 0.604. The summed E-state index contributed by atoms with van der Waals surface area (Å²) >= 11 is 6.14. The van der Waals surface area contributed by atoms with Crippen molar-refractivity contribution in [2.45, 2.75) is 38.5 Å². The van der Waals surface area contributed by atoms with E-state index in [0.29, 0.717) is 0 Å². The third-order valence-electron chi connectivity index (χ3n) is 3.62. The minimum absolute atomic E-state index is 0.154. The maximum absolute atomic E-state index is 9.90. The number of hydrogen-bond acceptors (Lipinski definition) is 2. The summed E-state index contributed by atoms with van der Waals surface area (Å²) in [6.45, 7) is 5.91. The van der Waals surface area contributed by atoms with Crippen LogP contribution in [0.5, 0.6) is 0 Å². The number of aliphatic hydroxyl groups excluding tert-OH is 1. The molecule has 1 fully saturated rings. The van der Waals surface area contributed by atoms with Crippen LogP contribution in [0.15, 0.2) is 24.3 Å². The van der Waals surface area contributed by atoms with E-state index in [2.05, 4.69) is 18.7 Å². The molecule has 16 heavy (non-hydrogen) atoms. The Morgan fingerprint density at radius 1 is 1.44 bits per heavy atom. The molecule has 0 aromatic heterocycles. The molecule has 0 saturated carbocycles. The first kappa shape index (κ1) is 11.9. The second-order valence-corrected chi connectivity index (χ2v) is 5.38. The first-order chi connectivity index (χ1) is 7.51. The van der Waals surface area contributed by atoms with Crippen molar-refractivity contribution in [2.75, 3.05) is 6.54 Å². The van der Waals surface area contributed by atoms with Gasteiger partial charge >= 0.3 is 0 Å². The summed E-state index contributed by atoms with van der Waals surface area (Å²) in [4.78, 5) is 2.29. The summed E-state index contributed by atoms with van der Waals surface area (Å²) < 4.78 is 0. The summed E-state index contributed by atoms with van der Waals surface area (Å²) in [5, 5.41) is 10.7. The highest BCUT2D eigenvalue weighted by atomic mass is 35.5. The Morgan fingerprint density at radius 3 is 2.69 bits per heavy atom. The van der Waals surface area contributed by atoms with Crippen LogP contribution >= 0.6 is 11.6 Å². The van der Waals surface area contributed by atoms with Gasteiger partial charge in [0.25, 0.3) is 0 Å². The summed E-state index contributed by atoms with van der Waals surface area (Å²) in [7, 11) is 0.